The minimum absolute atomic E-state index is 0.0293. The Morgan fingerprint density at radius 3 is 2.83 bits per heavy atom. The van der Waals surface area contributed by atoms with Gasteiger partial charge < -0.3 is 5.11 Å². The highest BCUT2D eigenvalue weighted by Gasteiger charge is 2.14. The van der Waals surface area contributed by atoms with Gasteiger partial charge in [0.05, 0.1) is 11.2 Å². The van der Waals surface area contributed by atoms with E-state index in [9.17, 15) is 4.79 Å². The highest BCUT2D eigenvalue weighted by atomic mass is 35.5. The molecule has 0 unspecified atom stereocenters. The minimum atomic E-state index is -1.06. The molecule has 2 aromatic heterocycles. The lowest BCUT2D eigenvalue weighted by Gasteiger charge is -1.98. The van der Waals surface area contributed by atoms with Crippen molar-refractivity contribution in [2.45, 2.75) is 0 Å². The van der Waals surface area contributed by atoms with E-state index < -0.39 is 5.97 Å². The van der Waals surface area contributed by atoms with Crippen LogP contribution in [0.15, 0.2) is 24.3 Å². The molecular weight excluding hydrogens is 256 g/mol. The number of halogens is 1. The molecule has 2 heterocycles. The first kappa shape index (κ1) is 10.8. The van der Waals surface area contributed by atoms with Gasteiger partial charge in [0.1, 0.15) is 10.8 Å². The Labute approximate surface area is 106 Å². The summed E-state index contributed by atoms with van der Waals surface area (Å²) >= 11 is 6.02. The van der Waals surface area contributed by atoms with E-state index in [1.165, 1.54) is 6.07 Å². The monoisotopic (exact) mass is 262 g/mol. The van der Waals surface area contributed by atoms with Crippen molar-refractivity contribution in [3.05, 3.63) is 35.1 Å². The number of nitrogens with one attached hydrogen (secondary N) is 2. The van der Waals surface area contributed by atoms with E-state index in [2.05, 4.69) is 20.4 Å². The summed E-state index contributed by atoms with van der Waals surface area (Å²) in [6.45, 7) is 0. The molecule has 6 nitrogen and oxygen atoms in total. The molecule has 0 aliphatic rings. The van der Waals surface area contributed by atoms with Crippen LogP contribution in [0.4, 0.5) is 0 Å². The van der Waals surface area contributed by atoms with Crippen LogP contribution in [0.5, 0.6) is 0 Å². The van der Waals surface area contributed by atoms with Crippen LogP contribution < -0.4 is 0 Å². The molecule has 1 aromatic carbocycles. The average molecular weight is 263 g/mol. The molecule has 3 rings (SSSR count). The number of carboxylic acid groups (broad SMARTS) is 1. The first-order valence-electron chi connectivity index (χ1n) is 5.08. The van der Waals surface area contributed by atoms with Crippen molar-refractivity contribution in [1.29, 1.82) is 0 Å². The molecule has 0 radical (unpaired) electrons. The van der Waals surface area contributed by atoms with Gasteiger partial charge in [0.25, 0.3) is 0 Å². The normalized spacial score (nSPS) is 10.9. The van der Waals surface area contributed by atoms with E-state index in [-0.39, 0.29) is 5.69 Å². The number of carbonyl (C=O) groups is 1. The topological polar surface area (TPSA) is 94.7 Å². The van der Waals surface area contributed by atoms with Gasteiger partial charge in [-0.15, -0.1) is 0 Å². The van der Waals surface area contributed by atoms with Gasteiger partial charge in [-0.25, -0.2) is 4.79 Å². The fourth-order valence-electron chi connectivity index (χ4n) is 1.81. The van der Waals surface area contributed by atoms with Crippen LogP contribution in [0.3, 0.4) is 0 Å². The van der Waals surface area contributed by atoms with Crippen molar-refractivity contribution in [2.24, 2.45) is 0 Å². The SMILES string of the molecule is O=C(O)c1cc(-c2cccc3n[nH]c(Cl)c23)n[nH]1. The van der Waals surface area contributed by atoms with Crippen LogP contribution in [0.25, 0.3) is 22.2 Å². The molecule has 18 heavy (non-hydrogen) atoms. The highest BCUT2D eigenvalue weighted by Crippen LogP contribution is 2.31. The maximum Gasteiger partial charge on any atom is 0.353 e. The molecule has 0 fully saturated rings. The third kappa shape index (κ3) is 1.54. The number of hydrogen-bond acceptors (Lipinski definition) is 3. The van der Waals surface area contributed by atoms with E-state index in [1.807, 2.05) is 18.2 Å². The summed E-state index contributed by atoms with van der Waals surface area (Å²) in [5.74, 6) is -1.06. The van der Waals surface area contributed by atoms with E-state index in [4.69, 9.17) is 16.7 Å². The van der Waals surface area contributed by atoms with Gasteiger partial charge in [-0.05, 0) is 12.1 Å². The number of nitrogens with zero attached hydrogens (tertiary/aromatic N) is 2. The molecule has 0 saturated carbocycles. The zero-order valence-corrected chi connectivity index (χ0v) is 9.69. The van der Waals surface area contributed by atoms with Crippen LogP contribution in [0, 0.1) is 0 Å². The number of H-pyrrole nitrogens is 2. The van der Waals surface area contributed by atoms with Crippen LogP contribution in [-0.2, 0) is 0 Å². The van der Waals surface area contributed by atoms with Gasteiger partial charge >= 0.3 is 5.97 Å². The fourth-order valence-corrected chi connectivity index (χ4v) is 2.05. The Kier molecular flexibility index (Phi) is 2.31. The second-order valence-corrected chi connectivity index (χ2v) is 4.09. The first-order valence-corrected chi connectivity index (χ1v) is 5.46. The lowest BCUT2D eigenvalue weighted by molar-refractivity contribution is 0.0690. The molecule has 7 heteroatoms. The van der Waals surface area contributed by atoms with Crippen LogP contribution in [-0.4, -0.2) is 31.5 Å². The Morgan fingerprint density at radius 1 is 1.28 bits per heavy atom. The van der Waals surface area contributed by atoms with Crippen LogP contribution >= 0.6 is 11.6 Å². The van der Waals surface area contributed by atoms with Crippen LogP contribution in [0.2, 0.25) is 5.15 Å². The second kappa shape index (κ2) is 3.85. The number of aromatic nitrogens is 4. The highest BCUT2D eigenvalue weighted by molar-refractivity contribution is 6.35. The lowest BCUT2D eigenvalue weighted by atomic mass is 10.1. The number of fused-ring (bicyclic) bond motifs is 1. The fraction of sp³-hybridized carbons (Fsp3) is 0. The number of rotatable bonds is 2. The van der Waals surface area contributed by atoms with E-state index in [1.54, 1.807) is 0 Å². The smallest absolute Gasteiger partial charge is 0.353 e. The zero-order valence-electron chi connectivity index (χ0n) is 8.94. The van der Waals surface area contributed by atoms with Crippen LogP contribution in [0.1, 0.15) is 10.5 Å². The molecule has 3 aromatic rings. The maximum absolute atomic E-state index is 10.8. The first-order chi connectivity index (χ1) is 8.66. The summed E-state index contributed by atoms with van der Waals surface area (Å²) in [6, 6.07) is 6.89. The van der Waals surface area contributed by atoms with E-state index >= 15 is 0 Å². The number of carboxylic acids is 1. The van der Waals surface area contributed by atoms with Crippen molar-refractivity contribution in [1.82, 2.24) is 20.4 Å². The zero-order chi connectivity index (χ0) is 12.7. The Bertz CT molecular complexity index is 746. The number of aromatic amines is 2. The molecule has 0 spiro atoms. The van der Waals surface area contributed by atoms with Gasteiger partial charge in [-0.2, -0.15) is 10.2 Å². The summed E-state index contributed by atoms with van der Waals surface area (Å²) in [6.07, 6.45) is 0. The molecule has 90 valence electrons. The van der Waals surface area contributed by atoms with E-state index in [0.29, 0.717) is 16.4 Å². The Hall–Kier alpha value is -2.34. The third-order valence-electron chi connectivity index (χ3n) is 2.62. The molecule has 0 aliphatic heterocycles. The van der Waals surface area contributed by atoms with Gasteiger partial charge in [-0.1, -0.05) is 23.7 Å². The number of benzene rings is 1. The van der Waals surface area contributed by atoms with Gasteiger partial charge in [-0.3, -0.25) is 10.2 Å². The molecule has 0 saturated heterocycles. The Balaban J connectivity index is 2.24. The molecule has 0 aliphatic carbocycles. The van der Waals surface area contributed by atoms with Crippen molar-refractivity contribution >= 4 is 28.5 Å². The van der Waals surface area contributed by atoms with Gasteiger partial charge in [0.15, 0.2) is 0 Å². The number of aromatic carboxylic acids is 1. The van der Waals surface area contributed by atoms with Crippen molar-refractivity contribution < 1.29 is 9.90 Å². The quantitative estimate of drug-likeness (QED) is 0.660. The summed E-state index contributed by atoms with van der Waals surface area (Å²) in [5.41, 5.74) is 1.98. The standard InChI is InChI=1S/C11H7ClN4O2/c12-10-9-5(2-1-3-6(9)13-16-10)7-4-8(11(17)18)15-14-7/h1-4H,(H,13,16)(H,14,15)(H,17,18). The predicted molar refractivity (Wildman–Crippen MR) is 65.6 cm³/mol. The molecular formula is C11H7ClN4O2. The maximum atomic E-state index is 10.8. The van der Waals surface area contributed by atoms with Crippen molar-refractivity contribution in [2.75, 3.05) is 0 Å². The second-order valence-electron chi connectivity index (χ2n) is 3.71. The van der Waals surface area contributed by atoms with Gasteiger partial charge in [0.2, 0.25) is 0 Å². The van der Waals surface area contributed by atoms with Crippen molar-refractivity contribution in [3.8, 4) is 11.3 Å². The molecule has 0 atom stereocenters. The molecule has 3 N–H and O–H groups in total. The molecule has 0 bridgehead atoms. The average Bonchev–Trinajstić information content (AvgIpc) is 2.96. The number of hydrogen-bond donors (Lipinski definition) is 3. The van der Waals surface area contributed by atoms with E-state index in [0.717, 1.165) is 10.9 Å². The largest absolute Gasteiger partial charge is 0.477 e. The predicted octanol–water partition coefficient (Wildman–Crippen LogP) is 2.30. The summed E-state index contributed by atoms with van der Waals surface area (Å²) in [5, 5.41) is 23.1. The van der Waals surface area contributed by atoms with Crippen molar-refractivity contribution in [3.63, 3.8) is 0 Å². The minimum Gasteiger partial charge on any atom is -0.477 e. The third-order valence-corrected chi connectivity index (χ3v) is 2.89. The molecule has 0 amide bonds. The summed E-state index contributed by atoms with van der Waals surface area (Å²) in [7, 11) is 0. The van der Waals surface area contributed by atoms with Gasteiger partial charge in [0, 0.05) is 10.9 Å². The summed E-state index contributed by atoms with van der Waals surface area (Å²) in [4.78, 5) is 10.8. The lowest BCUT2D eigenvalue weighted by Crippen LogP contribution is -1.95. The summed E-state index contributed by atoms with van der Waals surface area (Å²) < 4.78 is 0. The Morgan fingerprint density at radius 2 is 2.11 bits per heavy atom.